The summed E-state index contributed by atoms with van der Waals surface area (Å²) in [7, 11) is 3.90. The van der Waals surface area contributed by atoms with Crippen LogP contribution in [0.3, 0.4) is 0 Å². The van der Waals surface area contributed by atoms with Gasteiger partial charge >= 0.3 is 0 Å². The molecule has 98 valence electrons. The van der Waals surface area contributed by atoms with Crippen molar-refractivity contribution in [3.8, 4) is 0 Å². The Bertz CT molecular complexity index is 151. The molecule has 0 saturated carbocycles. The van der Waals surface area contributed by atoms with Crippen molar-refractivity contribution in [3.63, 3.8) is 0 Å². The number of ether oxygens (including phenoxy) is 1. The van der Waals surface area contributed by atoms with E-state index < -0.39 is 0 Å². The molecule has 0 aliphatic rings. The average Bonchev–Trinajstić information content (AvgIpc) is 2.20. The van der Waals surface area contributed by atoms with Gasteiger partial charge < -0.3 is 15.0 Å². The molecule has 3 nitrogen and oxygen atoms in total. The van der Waals surface area contributed by atoms with Gasteiger partial charge in [0.05, 0.1) is 6.61 Å². The van der Waals surface area contributed by atoms with Gasteiger partial charge in [0.2, 0.25) is 0 Å². The Kier molecular flexibility index (Phi) is 9.99. The highest BCUT2D eigenvalue weighted by molar-refractivity contribution is 4.63. The Labute approximate surface area is 102 Å². The molecule has 0 amide bonds. The Balaban J connectivity index is 3.31. The number of nitrogens with one attached hydrogen (secondary N) is 1. The summed E-state index contributed by atoms with van der Waals surface area (Å²) in [6.07, 6.45) is 2.47. The van der Waals surface area contributed by atoms with Gasteiger partial charge in [0.15, 0.2) is 0 Å². The Morgan fingerprint density at radius 3 is 2.44 bits per heavy atom. The Morgan fingerprint density at radius 1 is 1.19 bits per heavy atom. The van der Waals surface area contributed by atoms with E-state index in [1.54, 1.807) is 7.11 Å². The molecule has 0 saturated heterocycles. The van der Waals surface area contributed by atoms with Gasteiger partial charge in [-0.3, -0.25) is 0 Å². The molecular weight excluding hydrogens is 200 g/mol. The second-order valence-electron chi connectivity index (χ2n) is 5.13. The SMILES string of the molecule is COCCN(C)CCCNC(C)CC(C)C. The largest absolute Gasteiger partial charge is 0.383 e. The van der Waals surface area contributed by atoms with E-state index in [0.29, 0.717) is 6.04 Å². The summed E-state index contributed by atoms with van der Waals surface area (Å²) in [6.45, 7) is 10.9. The number of likely N-dealkylation sites (N-methyl/N-ethyl adjacent to an activating group) is 1. The zero-order valence-corrected chi connectivity index (χ0v) is 11.8. The van der Waals surface area contributed by atoms with E-state index in [1.807, 2.05) is 0 Å². The van der Waals surface area contributed by atoms with E-state index in [-0.39, 0.29) is 0 Å². The van der Waals surface area contributed by atoms with Crippen LogP contribution < -0.4 is 5.32 Å². The van der Waals surface area contributed by atoms with Crippen LogP contribution >= 0.6 is 0 Å². The molecule has 0 spiro atoms. The van der Waals surface area contributed by atoms with Crippen molar-refractivity contribution in [1.29, 1.82) is 0 Å². The minimum absolute atomic E-state index is 0.643. The van der Waals surface area contributed by atoms with Gasteiger partial charge in [-0.25, -0.2) is 0 Å². The second-order valence-corrected chi connectivity index (χ2v) is 5.13. The monoisotopic (exact) mass is 230 g/mol. The van der Waals surface area contributed by atoms with E-state index in [0.717, 1.165) is 32.2 Å². The first-order valence-electron chi connectivity index (χ1n) is 6.47. The van der Waals surface area contributed by atoms with Gasteiger partial charge in [-0.05, 0) is 45.8 Å². The first kappa shape index (κ1) is 15.9. The van der Waals surface area contributed by atoms with Gasteiger partial charge in [0.25, 0.3) is 0 Å². The van der Waals surface area contributed by atoms with Crippen LogP contribution in [0.4, 0.5) is 0 Å². The highest BCUT2D eigenvalue weighted by Crippen LogP contribution is 2.03. The standard InChI is InChI=1S/C13H30N2O/c1-12(2)11-13(3)14-7-6-8-15(4)9-10-16-5/h12-14H,6-11H2,1-5H3. The van der Waals surface area contributed by atoms with Gasteiger partial charge in [-0.1, -0.05) is 13.8 Å². The van der Waals surface area contributed by atoms with Gasteiger partial charge in [0, 0.05) is 19.7 Å². The molecule has 0 aromatic rings. The maximum Gasteiger partial charge on any atom is 0.0589 e. The third kappa shape index (κ3) is 10.4. The molecule has 0 fully saturated rings. The molecule has 0 bridgehead atoms. The van der Waals surface area contributed by atoms with E-state index in [4.69, 9.17) is 4.74 Å². The minimum Gasteiger partial charge on any atom is -0.383 e. The molecule has 0 radical (unpaired) electrons. The fraction of sp³-hybridized carbons (Fsp3) is 1.00. The third-order valence-electron chi connectivity index (χ3n) is 2.71. The lowest BCUT2D eigenvalue weighted by Gasteiger charge is -2.18. The van der Waals surface area contributed by atoms with E-state index in [2.05, 4.69) is 38.0 Å². The zero-order chi connectivity index (χ0) is 12.4. The predicted molar refractivity (Wildman–Crippen MR) is 70.9 cm³/mol. The van der Waals surface area contributed by atoms with Crippen LogP contribution in [0.5, 0.6) is 0 Å². The van der Waals surface area contributed by atoms with Crippen molar-refractivity contribution >= 4 is 0 Å². The zero-order valence-electron chi connectivity index (χ0n) is 11.8. The van der Waals surface area contributed by atoms with Crippen molar-refractivity contribution in [3.05, 3.63) is 0 Å². The summed E-state index contributed by atoms with van der Waals surface area (Å²) in [4.78, 5) is 2.32. The topological polar surface area (TPSA) is 24.5 Å². The molecule has 0 aliphatic heterocycles. The van der Waals surface area contributed by atoms with E-state index >= 15 is 0 Å². The average molecular weight is 230 g/mol. The van der Waals surface area contributed by atoms with Crippen LogP contribution in [0.25, 0.3) is 0 Å². The van der Waals surface area contributed by atoms with E-state index in [9.17, 15) is 0 Å². The lowest BCUT2D eigenvalue weighted by Crippen LogP contribution is -2.31. The van der Waals surface area contributed by atoms with Crippen LogP contribution in [0.2, 0.25) is 0 Å². The number of rotatable bonds is 10. The minimum atomic E-state index is 0.643. The second kappa shape index (κ2) is 10.1. The fourth-order valence-electron chi connectivity index (χ4n) is 1.85. The molecule has 16 heavy (non-hydrogen) atoms. The smallest absolute Gasteiger partial charge is 0.0589 e. The molecule has 0 heterocycles. The molecule has 0 aromatic carbocycles. The summed E-state index contributed by atoms with van der Waals surface area (Å²) in [5.74, 6) is 0.784. The van der Waals surface area contributed by atoms with Crippen molar-refractivity contribution in [1.82, 2.24) is 10.2 Å². The fourth-order valence-corrected chi connectivity index (χ4v) is 1.85. The van der Waals surface area contributed by atoms with Crippen LogP contribution in [0, 0.1) is 5.92 Å². The lowest BCUT2D eigenvalue weighted by molar-refractivity contribution is 0.160. The molecule has 1 atom stereocenters. The number of hydrogen-bond donors (Lipinski definition) is 1. The Morgan fingerprint density at radius 2 is 1.88 bits per heavy atom. The Hall–Kier alpha value is -0.120. The third-order valence-corrected chi connectivity index (χ3v) is 2.71. The number of nitrogens with zero attached hydrogens (tertiary/aromatic N) is 1. The highest BCUT2D eigenvalue weighted by atomic mass is 16.5. The number of hydrogen-bond acceptors (Lipinski definition) is 3. The predicted octanol–water partition coefficient (Wildman–Crippen LogP) is 1.98. The van der Waals surface area contributed by atoms with Gasteiger partial charge in [-0.2, -0.15) is 0 Å². The first-order chi connectivity index (χ1) is 7.56. The van der Waals surface area contributed by atoms with Crippen molar-refractivity contribution in [2.24, 2.45) is 5.92 Å². The van der Waals surface area contributed by atoms with Crippen molar-refractivity contribution < 1.29 is 4.74 Å². The van der Waals surface area contributed by atoms with Crippen LogP contribution in [0.15, 0.2) is 0 Å². The summed E-state index contributed by atoms with van der Waals surface area (Å²) >= 11 is 0. The normalized spacial score (nSPS) is 13.7. The van der Waals surface area contributed by atoms with Crippen molar-refractivity contribution in [2.75, 3.05) is 40.4 Å². The van der Waals surface area contributed by atoms with Gasteiger partial charge in [0.1, 0.15) is 0 Å². The van der Waals surface area contributed by atoms with Crippen LogP contribution in [-0.4, -0.2) is 51.3 Å². The summed E-state index contributed by atoms with van der Waals surface area (Å²) in [5, 5.41) is 3.57. The first-order valence-corrected chi connectivity index (χ1v) is 6.47. The van der Waals surface area contributed by atoms with E-state index in [1.165, 1.54) is 12.8 Å². The molecule has 0 aliphatic carbocycles. The molecule has 0 aromatic heterocycles. The quantitative estimate of drug-likeness (QED) is 0.581. The summed E-state index contributed by atoms with van der Waals surface area (Å²) < 4.78 is 5.04. The number of methoxy groups -OCH3 is 1. The molecule has 3 heteroatoms. The summed E-state index contributed by atoms with van der Waals surface area (Å²) in [6, 6.07) is 0.643. The maximum absolute atomic E-state index is 5.04. The van der Waals surface area contributed by atoms with Gasteiger partial charge in [-0.15, -0.1) is 0 Å². The summed E-state index contributed by atoms with van der Waals surface area (Å²) in [5.41, 5.74) is 0. The van der Waals surface area contributed by atoms with Crippen molar-refractivity contribution in [2.45, 2.75) is 39.7 Å². The van der Waals surface area contributed by atoms with Crippen LogP contribution in [-0.2, 0) is 4.74 Å². The maximum atomic E-state index is 5.04. The van der Waals surface area contributed by atoms with Crippen LogP contribution in [0.1, 0.15) is 33.6 Å². The molecule has 0 rings (SSSR count). The molecule has 1 unspecified atom stereocenters. The highest BCUT2D eigenvalue weighted by Gasteiger charge is 2.03. The molecule has 1 N–H and O–H groups in total. The molecular formula is C13H30N2O. The lowest BCUT2D eigenvalue weighted by atomic mass is 10.1.